The Kier molecular flexibility index (Phi) is 5.96. The molecule has 104 valence electrons. The zero-order chi connectivity index (χ0) is 14.3. The molecular formula is C13H17O5P. The minimum atomic E-state index is -3.35. The maximum absolute atomic E-state index is 12.3. The van der Waals surface area contributed by atoms with Crippen molar-refractivity contribution in [3.8, 4) is 0 Å². The molecule has 19 heavy (non-hydrogen) atoms. The average molecular weight is 284 g/mol. The van der Waals surface area contributed by atoms with E-state index in [2.05, 4.69) is 0 Å². The number of esters is 1. The highest BCUT2D eigenvalue weighted by Crippen LogP contribution is 2.46. The summed E-state index contributed by atoms with van der Waals surface area (Å²) in [6, 6.07) is 6.85. The van der Waals surface area contributed by atoms with Gasteiger partial charge in [0.25, 0.3) is 0 Å². The Morgan fingerprint density at radius 2 is 1.89 bits per heavy atom. The standard InChI is InChI=1S/C13H17O5P/c1-4-18-13(14)10-9-11-7-5-6-8-12(11)19(15,16-2)17-3/h5-10H,4H2,1-3H3/b10-9+. The van der Waals surface area contributed by atoms with E-state index in [1.807, 2.05) is 0 Å². The van der Waals surface area contributed by atoms with Crippen LogP contribution in [0.2, 0.25) is 0 Å². The monoisotopic (exact) mass is 284 g/mol. The Labute approximate surface area is 112 Å². The fourth-order valence-electron chi connectivity index (χ4n) is 1.50. The minimum absolute atomic E-state index is 0.305. The van der Waals surface area contributed by atoms with Gasteiger partial charge in [0, 0.05) is 20.3 Å². The Bertz CT molecular complexity index is 502. The number of ether oxygens (including phenoxy) is 1. The van der Waals surface area contributed by atoms with Crippen molar-refractivity contribution in [2.24, 2.45) is 0 Å². The van der Waals surface area contributed by atoms with E-state index >= 15 is 0 Å². The molecule has 0 N–H and O–H groups in total. The molecule has 0 heterocycles. The Morgan fingerprint density at radius 1 is 1.26 bits per heavy atom. The second-order valence-electron chi connectivity index (χ2n) is 3.51. The van der Waals surface area contributed by atoms with Crippen molar-refractivity contribution in [1.82, 2.24) is 0 Å². The van der Waals surface area contributed by atoms with Crippen LogP contribution in [-0.4, -0.2) is 26.8 Å². The third kappa shape index (κ3) is 4.03. The lowest BCUT2D eigenvalue weighted by molar-refractivity contribution is -0.137. The fraction of sp³-hybridized carbons (Fsp3) is 0.308. The van der Waals surface area contributed by atoms with E-state index in [-0.39, 0.29) is 0 Å². The molecule has 0 aliphatic rings. The largest absolute Gasteiger partial charge is 0.463 e. The summed E-state index contributed by atoms with van der Waals surface area (Å²) in [5.41, 5.74) is 0.586. The summed E-state index contributed by atoms with van der Waals surface area (Å²) < 4.78 is 27.0. The van der Waals surface area contributed by atoms with E-state index in [0.717, 1.165) is 0 Å². The molecular weight excluding hydrogens is 267 g/mol. The third-order valence-electron chi connectivity index (χ3n) is 2.40. The zero-order valence-corrected chi connectivity index (χ0v) is 12.1. The van der Waals surface area contributed by atoms with Gasteiger partial charge in [0.15, 0.2) is 0 Å². The van der Waals surface area contributed by atoms with E-state index in [4.69, 9.17) is 13.8 Å². The number of benzene rings is 1. The summed E-state index contributed by atoms with van der Waals surface area (Å²) in [4.78, 5) is 11.3. The van der Waals surface area contributed by atoms with Gasteiger partial charge in [-0.2, -0.15) is 0 Å². The number of rotatable bonds is 6. The molecule has 0 saturated heterocycles. The molecule has 1 rings (SSSR count). The predicted molar refractivity (Wildman–Crippen MR) is 73.4 cm³/mol. The first-order valence-electron chi connectivity index (χ1n) is 5.73. The highest BCUT2D eigenvalue weighted by atomic mass is 31.2. The molecule has 0 aliphatic carbocycles. The molecule has 0 bridgehead atoms. The van der Waals surface area contributed by atoms with Gasteiger partial charge in [-0.25, -0.2) is 4.79 Å². The number of hydrogen-bond acceptors (Lipinski definition) is 5. The van der Waals surface area contributed by atoms with Gasteiger partial charge in [0.2, 0.25) is 0 Å². The van der Waals surface area contributed by atoms with E-state index in [0.29, 0.717) is 17.5 Å². The summed E-state index contributed by atoms with van der Waals surface area (Å²) >= 11 is 0. The molecule has 0 unspecified atom stereocenters. The van der Waals surface area contributed by atoms with Crippen LogP contribution in [0, 0.1) is 0 Å². The minimum Gasteiger partial charge on any atom is -0.463 e. The molecule has 0 amide bonds. The van der Waals surface area contributed by atoms with Crippen LogP contribution in [0.15, 0.2) is 30.3 Å². The Balaban J connectivity index is 3.10. The van der Waals surface area contributed by atoms with Gasteiger partial charge in [-0.15, -0.1) is 0 Å². The molecule has 6 heteroatoms. The first-order chi connectivity index (χ1) is 9.07. The van der Waals surface area contributed by atoms with Gasteiger partial charge in [0.05, 0.1) is 11.9 Å². The highest BCUT2D eigenvalue weighted by Gasteiger charge is 2.26. The topological polar surface area (TPSA) is 61.8 Å². The first kappa shape index (κ1) is 15.6. The van der Waals surface area contributed by atoms with Crippen molar-refractivity contribution in [1.29, 1.82) is 0 Å². The summed E-state index contributed by atoms with van der Waals surface area (Å²) in [5.74, 6) is -0.457. The molecule has 0 aliphatic heterocycles. The number of carbonyl (C=O) groups is 1. The van der Waals surface area contributed by atoms with Crippen molar-refractivity contribution in [2.45, 2.75) is 6.92 Å². The number of hydrogen-bond donors (Lipinski definition) is 0. The number of carbonyl (C=O) groups excluding carboxylic acids is 1. The quantitative estimate of drug-likeness (QED) is 0.456. The van der Waals surface area contributed by atoms with Gasteiger partial charge in [-0.05, 0) is 24.6 Å². The molecule has 5 nitrogen and oxygen atoms in total. The Morgan fingerprint density at radius 3 is 2.47 bits per heavy atom. The van der Waals surface area contributed by atoms with Crippen molar-refractivity contribution in [3.63, 3.8) is 0 Å². The van der Waals surface area contributed by atoms with Gasteiger partial charge < -0.3 is 13.8 Å². The normalized spacial score (nSPS) is 11.7. The second-order valence-corrected chi connectivity index (χ2v) is 5.71. The van der Waals surface area contributed by atoms with Crippen LogP contribution in [0.25, 0.3) is 6.08 Å². The van der Waals surface area contributed by atoms with Crippen LogP contribution in [0.3, 0.4) is 0 Å². The lowest BCUT2D eigenvalue weighted by atomic mass is 10.2. The highest BCUT2D eigenvalue weighted by molar-refractivity contribution is 7.62. The molecule has 0 atom stereocenters. The lowest BCUT2D eigenvalue weighted by Crippen LogP contribution is -2.11. The molecule has 0 spiro atoms. The van der Waals surface area contributed by atoms with Crippen LogP contribution in [0.5, 0.6) is 0 Å². The second kappa shape index (κ2) is 7.24. The van der Waals surface area contributed by atoms with Crippen molar-refractivity contribution < 1.29 is 23.1 Å². The van der Waals surface area contributed by atoms with E-state index < -0.39 is 13.6 Å². The van der Waals surface area contributed by atoms with Crippen LogP contribution in [-0.2, 0) is 23.1 Å². The Hall–Kier alpha value is -1.42. The summed E-state index contributed by atoms with van der Waals surface area (Å²) in [6.45, 7) is 2.03. The van der Waals surface area contributed by atoms with Crippen molar-refractivity contribution in [3.05, 3.63) is 35.9 Å². The summed E-state index contributed by atoms with van der Waals surface area (Å²) in [6.07, 6.45) is 2.80. The van der Waals surface area contributed by atoms with Gasteiger partial charge in [-0.1, -0.05) is 18.2 Å². The summed E-state index contributed by atoms with van der Waals surface area (Å²) in [5, 5.41) is 0.403. The maximum Gasteiger partial charge on any atom is 0.361 e. The molecule has 0 saturated carbocycles. The molecule has 1 aromatic carbocycles. The van der Waals surface area contributed by atoms with Crippen LogP contribution >= 0.6 is 7.60 Å². The third-order valence-corrected chi connectivity index (χ3v) is 4.36. The van der Waals surface area contributed by atoms with Crippen molar-refractivity contribution >= 4 is 24.9 Å². The van der Waals surface area contributed by atoms with Crippen LogP contribution in [0.1, 0.15) is 12.5 Å². The average Bonchev–Trinajstić information content (AvgIpc) is 2.45. The van der Waals surface area contributed by atoms with Crippen LogP contribution in [0.4, 0.5) is 0 Å². The lowest BCUT2D eigenvalue weighted by Gasteiger charge is -2.15. The fourth-order valence-corrected chi connectivity index (χ4v) is 2.77. The van der Waals surface area contributed by atoms with Crippen molar-refractivity contribution in [2.75, 3.05) is 20.8 Å². The van der Waals surface area contributed by atoms with Gasteiger partial charge in [0.1, 0.15) is 0 Å². The predicted octanol–water partition coefficient (Wildman–Crippen LogP) is 2.37. The molecule has 0 aromatic heterocycles. The van der Waals surface area contributed by atoms with Gasteiger partial charge >= 0.3 is 13.6 Å². The molecule has 0 fully saturated rings. The maximum atomic E-state index is 12.3. The first-order valence-corrected chi connectivity index (χ1v) is 7.27. The zero-order valence-electron chi connectivity index (χ0n) is 11.2. The van der Waals surface area contributed by atoms with E-state index in [1.54, 1.807) is 31.2 Å². The smallest absolute Gasteiger partial charge is 0.361 e. The summed E-state index contributed by atoms with van der Waals surface area (Å²) in [7, 11) is -0.719. The van der Waals surface area contributed by atoms with Gasteiger partial charge in [-0.3, -0.25) is 4.57 Å². The molecule has 1 aromatic rings. The molecule has 0 radical (unpaired) electrons. The SMILES string of the molecule is CCOC(=O)/C=C/c1ccccc1P(=O)(OC)OC. The van der Waals surface area contributed by atoms with Crippen LogP contribution < -0.4 is 5.30 Å². The van der Waals surface area contributed by atoms with E-state index in [9.17, 15) is 9.36 Å². The van der Waals surface area contributed by atoms with E-state index in [1.165, 1.54) is 26.4 Å².